The van der Waals surface area contributed by atoms with E-state index in [1.54, 1.807) is 48.5 Å². The summed E-state index contributed by atoms with van der Waals surface area (Å²) in [6.45, 7) is 4.27. The van der Waals surface area contributed by atoms with Crippen LogP contribution in [0, 0.1) is 5.92 Å². The molecule has 0 atom stereocenters. The maximum absolute atomic E-state index is 12.9. The molecule has 0 saturated heterocycles. The van der Waals surface area contributed by atoms with Gasteiger partial charge in [-0.2, -0.15) is 0 Å². The van der Waals surface area contributed by atoms with E-state index in [9.17, 15) is 14.4 Å². The van der Waals surface area contributed by atoms with Crippen molar-refractivity contribution in [1.82, 2.24) is 5.32 Å². The van der Waals surface area contributed by atoms with Crippen LogP contribution in [-0.2, 0) is 11.3 Å². The first-order chi connectivity index (χ1) is 17.4. The van der Waals surface area contributed by atoms with Crippen LogP contribution in [0.3, 0.4) is 0 Å². The van der Waals surface area contributed by atoms with E-state index >= 15 is 0 Å². The van der Waals surface area contributed by atoms with Gasteiger partial charge in [-0.3, -0.25) is 19.3 Å². The number of furan rings is 1. The summed E-state index contributed by atoms with van der Waals surface area (Å²) in [6, 6.07) is 15.2. The third kappa shape index (κ3) is 5.68. The maximum Gasteiger partial charge on any atom is 0.287 e. The molecule has 9 nitrogen and oxygen atoms in total. The van der Waals surface area contributed by atoms with Crippen LogP contribution < -0.4 is 24.4 Å². The van der Waals surface area contributed by atoms with Gasteiger partial charge in [0.2, 0.25) is 0 Å². The van der Waals surface area contributed by atoms with Crippen molar-refractivity contribution in [3.05, 3.63) is 71.7 Å². The van der Waals surface area contributed by atoms with Crippen molar-refractivity contribution in [1.29, 1.82) is 0 Å². The molecule has 0 unspecified atom stereocenters. The fourth-order valence-corrected chi connectivity index (χ4v) is 3.64. The van der Waals surface area contributed by atoms with Crippen LogP contribution in [0.2, 0.25) is 0 Å². The molecule has 0 bridgehead atoms. The van der Waals surface area contributed by atoms with Gasteiger partial charge in [0.1, 0.15) is 11.5 Å². The Hall–Kier alpha value is -4.27. The number of carbonyl (C=O) groups excluding carboxylic acids is 3. The third-order valence-corrected chi connectivity index (χ3v) is 5.52. The number of ether oxygens (including phenoxy) is 3. The van der Waals surface area contributed by atoms with E-state index in [-0.39, 0.29) is 43.1 Å². The van der Waals surface area contributed by atoms with Crippen LogP contribution in [0.1, 0.15) is 40.5 Å². The minimum Gasteiger partial charge on any atom is -0.493 e. The highest BCUT2D eigenvalue weighted by Gasteiger charge is 2.28. The van der Waals surface area contributed by atoms with Crippen molar-refractivity contribution in [2.75, 3.05) is 31.8 Å². The first-order valence-corrected chi connectivity index (χ1v) is 11.6. The number of anilines is 1. The van der Waals surface area contributed by atoms with Crippen LogP contribution in [-0.4, -0.2) is 44.5 Å². The van der Waals surface area contributed by atoms with Gasteiger partial charge in [-0.1, -0.05) is 26.0 Å². The first-order valence-electron chi connectivity index (χ1n) is 11.6. The highest BCUT2D eigenvalue weighted by atomic mass is 16.5. The van der Waals surface area contributed by atoms with Gasteiger partial charge in [-0.15, -0.1) is 0 Å². The number of hydrogen-bond donors (Lipinski definition) is 1. The quantitative estimate of drug-likeness (QED) is 0.428. The number of amides is 2. The molecule has 3 aromatic rings. The molecule has 0 spiro atoms. The number of nitrogens with one attached hydrogen (secondary N) is 1. The molecular weight excluding hydrogens is 464 g/mol. The molecule has 2 heterocycles. The van der Waals surface area contributed by atoms with Gasteiger partial charge < -0.3 is 23.9 Å². The average Bonchev–Trinajstić information content (AvgIpc) is 3.36. The van der Waals surface area contributed by atoms with Gasteiger partial charge in [-0.25, -0.2) is 0 Å². The van der Waals surface area contributed by atoms with E-state index in [1.165, 1.54) is 12.0 Å². The number of ketones is 1. The predicted octanol–water partition coefficient (Wildman–Crippen LogP) is 3.86. The molecule has 1 N–H and O–H groups in total. The number of carbonyl (C=O) groups is 3. The highest BCUT2D eigenvalue weighted by Crippen LogP contribution is 2.34. The second-order valence-electron chi connectivity index (χ2n) is 8.68. The lowest BCUT2D eigenvalue weighted by molar-refractivity contribution is -0.121. The average molecular weight is 493 g/mol. The Morgan fingerprint density at radius 1 is 1.08 bits per heavy atom. The fraction of sp³-hybridized carbons (Fsp3) is 0.296. The molecule has 2 amide bonds. The number of hydrogen-bond acceptors (Lipinski definition) is 7. The SMILES string of the molecule is COc1ccccc1OCC(=O)c1ccc2c(c1)N(Cc1ccc(C(=O)NCC(C)C)o1)C(=O)CO2. The molecular formula is C27H28N2O7. The smallest absolute Gasteiger partial charge is 0.287 e. The molecule has 0 fully saturated rings. The lowest BCUT2D eigenvalue weighted by Crippen LogP contribution is -2.38. The minimum absolute atomic E-state index is 0.0853. The van der Waals surface area contributed by atoms with Crippen molar-refractivity contribution < 1.29 is 33.0 Å². The first kappa shape index (κ1) is 24.8. The van der Waals surface area contributed by atoms with Gasteiger partial charge in [-0.05, 0) is 48.4 Å². The number of rotatable bonds is 10. The molecule has 9 heteroatoms. The maximum atomic E-state index is 12.9. The van der Waals surface area contributed by atoms with Gasteiger partial charge >= 0.3 is 0 Å². The van der Waals surface area contributed by atoms with Gasteiger partial charge in [0.25, 0.3) is 11.8 Å². The van der Waals surface area contributed by atoms with Crippen molar-refractivity contribution in [3.8, 4) is 17.2 Å². The molecule has 1 aromatic heterocycles. The summed E-state index contributed by atoms with van der Waals surface area (Å²) in [5, 5.41) is 2.80. The van der Waals surface area contributed by atoms with E-state index in [4.69, 9.17) is 18.6 Å². The summed E-state index contributed by atoms with van der Waals surface area (Å²) in [5.41, 5.74) is 0.803. The molecule has 2 aromatic carbocycles. The molecule has 0 aliphatic carbocycles. The van der Waals surface area contributed by atoms with Crippen molar-refractivity contribution in [2.24, 2.45) is 5.92 Å². The minimum atomic E-state index is -0.313. The number of Topliss-reactive ketones (excluding diaryl/α,β-unsaturated/α-hetero) is 1. The molecule has 0 saturated carbocycles. The number of para-hydroxylation sites is 2. The van der Waals surface area contributed by atoms with Crippen LogP contribution in [0.15, 0.2) is 59.0 Å². The van der Waals surface area contributed by atoms with E-state index in [0.717, 1.165) is 0 Å². The zero-order valence-corrected chi connectivity index (χ0v) is 20.4. The number of benzene rings is 2. The lowest BCUT2D eigenvalue weighted by atomic mass is 10.1. The summed E-state index contributed by atoms with van der Waals surface area (Å²) in [5.74, 6) is 1.48. The topological polar surface area (TPSA) is 107 Å². The van der Waals surface area contributed by atoms with Crippen molar-refractivity contribution >= 4 is 23.3 Å². The zero-order chi connectivity index (χ0) is 25.7. The fourth-order valence-electron chi connectivity index (χ4n) is 3.64. The predicted molar refractivity (Wildman–Crippen MR) is 132 cm³/mol. The number of nitrogens with zero attached hydrogens (tertiary/aromatic N) is 1. The molecule has 1 aliphatic heterocycles. The van der Waals surface area contributed by atoms with E-state index in [0.29, 0.717) is 46.7 Å². The Kier molecular flexibility index (Phi) is 7.58. The second-order valence-corrected chi connectivity index (χ2v) is 8.68. The van der Waals surface area contributed by atoms with Gasteiger partial charge in [0.05, 0.1) is 19.3 Å². The largest absolute Gasteiger partial charge is 0.493 e. The molecule has 0 radical (unpaired) electrons. The Labute approximate surface area is 208 Å². The Morgan fingerprint density at radius 3 is 2.61 bits per heavy atom. The summed E-state index contributed by atoms with van der Waals surface area (Å²) in [7, 11) is 1.53. The van der Waals surface area contributed by atoms with Crippen molar-refractivity contribution in [3.63, 3.8) is 0 Å². The van der Waals surface area contributed by atoms with Gasteiger partial charge in [0.15, 0.2) is 36.3 Å². The van der Waals surface area contributed by atoms with E-state index in [1.807, 2.05) is 19.9 Å². The van der Waals surface area contributed by atoms with Crippen LogP contribution in [0.25, 0.3) is 0 Å². The second kappa shape index (κ2) is 11.0. The van der Waals surface area contributed by atoms with Crippen LogP contribution >= 0.6 is 0 Å². The molecule has 1 aliphatic rings. The third-order valence-electron chi connectivity index (χ3n) is 5.52. The molecule has 4 rings (SSSR count). The summed E-state index contributed by atoms with van der Waals surface area (Å²) in [4.78, 5) is 39.3. The molecule has 36 heavy (non-hydrogen) atoms. The van der Waals surface area contributed by atoms with Gasteiger partial charge in [0, 0.05) is 12.1 Å². The van der Waals surface area contributed by atoms with E-state index < -0.39 is 0 Å². The zero-order valence-electron chi connectivity index (χ0n) is 20.4. The van der Waals surface area contributed by atoms with E-state index in [2.05, 4.69) is 5.32 Å². The monoisotopic (exact) mass is 492 g/mol. The normalized spacial score (nSPS) is 12.7. The standard InChI is InChI=1S/C27H28N2O7/c1-17(2)13-28-27(32)25-11-9-19(36-25)14-29-20-12-18(8-10-22(20)35-16-26(29)31)21(30)15-34-24-7-5-4-6-23(24)33-3/h4-12,17H,13-16H2,1-3H3,(H,28,32). The number of fused-ring (bicyclic) bond motifs is 1. The Morgan fingerprint density at radius 2 is 1.86 bits per heavy atom. The van der Waals surface area contributed by atoms with Crippen LogP contribution in [0.4, 0.5) is 5.69 Å². The van der Waals surface area contributed by atoms with Crippen LogP contribution in [0.5, 0.6) is 17.2 Å². The summed E-state index contributed by atoms with van der Waals surface area (Å²) < 4.78 is 22.1. The Balaban J connectivity index is 1.49. The number of methoxy groups -OCH3 is 1. The lowest BCUT2D eigenvalue weighted by Gasteiger charge is -2.29. The van der Waals surface area contributed by atoms with Crippen molar-refractivity contribution in [2.45, 2.75) is 20.4 Å². The molecule has 188 valence electrons. The summed E-state index contributed by atoms with van der Waals surface area (Å²) >= 11 is 0. The highest BCUT2D eigenvalue weighted by molar-refractivity contribution is 6.02. The Bertz CT molecular complexity index is 1260. The summed E-state index contributed by atoms with van der Waals surface area (Å²) in [6.07, 6.45) is 0.